The third kappa shape index (κ3) is 2.10. The average molecular weight is 323 g/mol. The molecule has 2 aliphatic rings. The highest BCUT2D eigenvalue weighted by Gasteiger charge is 2.48. The summed E-state index contributed by atoms with van der Waals surface area (Å²) in [5, 5.41) is 3.30. The lowest BCUT2D eigenvalue weighted by Crippen LogP contribution is -2.61. The topological polar surface area (TPSA) is 95.4 Å². The monoisotopic (exact) mass is 323 g/mol. The van der Waals surface area contributed by atoms with Crippen LogP contribution in [0.4, 0.5) is 0 Å². The number of nitrogens with one attached hydrogen (secondary N) is 2. The lowest BCUT2D eigenvalue weighted by molar-refractivity contribution is 0.0373. The molecule has 3 heterocycles. The number of hydrogen-bond acceptors (Lipinski definition) is 5. The van der Waals surface area contributed by atoms with Gasteiger partial charge in [0.15, 0.2) is 5.58 Å². The van der Waals surface area contributed by atoms with Crippen LogP contribution in [0.5, 0.6) is 0 Å². The van der Waals surface area contributed by atoms with Gasteiger partial charge in [-0.25, -0.2) is 13.2 Å². The Labute approximate surface area is 127 Å². The Balaban J connectivity index is 1.61. The van der Waals surface area contributed by atoms with Crippen molar-refractivity contribution >= 4 is 21.1 Å². The van der Waals surface area contributed by atoms with Crippen LogP contribution in [0.3, 0.4) is 0 Å². The van der Waals surface area contributed by atoms with E-state index in [2.05, 4.69) is 10.3 Å². The van der Waals surface area contributed by atoms with Crippen molar-refractivity contribution in [3.8, 4) is 0 Å². The first-order valence-corrected chi connectivity index (χ1v) is 8.76. The van der Waals surface area contributed by atoms with Gasteiger partial charge in [0.05, 0.1) is 10.4 Å². The third-order valence-corrected chi connectivity index (χ3v) is 6.51. The molecule has 0 saturated carbocycles. The van der Waals surface area contributed by atoms with E-state index < -0.39 is 15.8 Å². The zero-order valence-corrected chi connectivity index (χ0v) is 12.8. The van der Waals surface area contributed by atoms with E-state index in [1.807, 2.05) is 0 Å². The Kier molecular flexibility index (Phi) is 2.97. The number of aromatic nitrogens is 1. The molecule has 1 aromatic carbocycles. The summed E-state index contributed by atoms with van der Waals surface area (Å²) in [6, 6.07) is 4.49. The maximum absolute atomic E-state index is 12.7. The summed E-state index contributed by atoms with van der Waals surface area (Å²) in [5.74, 6) is -0.581. The number of H-pyrrole nitrogens is 1. The lowest BCUT2D eigenvalue weighted by atomic mass is 9.74. The second-order valence-electron chi connectivity index (χ2n) is 6.20. The van der Waals surface area contributed by atoms with Gasteiger partial charge in [-0.3, -0.25) is 4.98 Å². The van der Waals surface area contributed by atoms with Crippen LogP contribution < -0.4 is 11.1 Å². The minimum Gasteiger partial charge on any atom is -0.408 e. The summed E-state index contributed by atoms with van der Waals surface area (Å²) in [4.78, 5) is 13.8. The molecule has 2 fully saturated rings. The maximum Gasteiger partial charge on any atom is 0.417 e. The van der Waals surface area contributed by atoms with Crippen LogP contribution in [0, 0.1) is 5.41 Å². The van der Waals surface area contributed by atoms with Crippen LogP contribution in [-0.4, -0.2) is 43.9 Å². The van der Waals surface area contributed by atoms with Crippen molar-refractivity contribution in [2.75, 3.05) is 26.2 Å². The molecule has 0 bridgehead atoms. The first-order valence-electron chi connectivity index (χ1n) is 7.32. The molecule has 1 aromatic heterocycles. The van der Waals surface area contributed by atoms with E-state index in [1.165, 1.54) is 16.4 Å². The van der Waals surface area contributed by atoms with E-state index >= 15 is 0 Å². The molecule has 2 aromatic rings. The van der Waals surface area contributed by atoms with Crippen LogP contribution in [0.15, 0.2) is 32.3 Å². The Morgan fingerprint density at radius 3 is 2.64 bits per heavy atom. The Hall–Kier alpha value is -1.64. The van der Waals surface area contributed by atoms with Gasteiger partial charge in [0.1, 0.15) is 0 Å². The summed E-state index contributed by atoms with van der Waals surface area (Å²) in [7, 11) is -3.52. The fourth-order valence-corrected chi connectivity index (χ4v) is 5.06. The van der Waals surface area contributed by atoms with Crippen LogP contribution in [0.2, 0.25) is 0 Å². The van der Waals surface area contributed by atoms with Gasteiger partial charge in [-0.05, 0) is 38.1 Å². The van der Waals surface area contributed by atoms with Crippen molar-refractivity contribution in [3.05, 3.63) is 28.7 Å². The van der Waals surface area contributed by atoms with E-state index in [1.54, 1.807) is 6.07 Å². The smallest absolute Gasteiger partial charge is 0.408 e. The highest BCUT2D eigenvalue weighted by molar-refractivity contribution is 7.89. The van der Waals surface area contributed by atoms with Gasteiger partial charge >= 0.3 is 5.76 Å². The minimum atomic E-state index is -3.52. The number of piperidine rings is 1. The van der Waals surface area contributed by atoms with Crippen molar-refractivity contribution in [2.45, 2.75) is 17.7 Å². The standard InChI is InChI=1S/C14H17N3O4S/c18-13-16-11-2-1-10(7-12(11)21-13)22(19,20)17-8-14(9-17)3-5-15-6-4-14/h1-2,7,15H,3-6,8-9H2,(H,16,18). The Morgan fingerprint density at radius 1 is 1.18 bits per heavy atom. The van der Waals surface area contributed by atoms with Gasteiger partial charge in [-0.15, -0.1) is 0 Å². The molecule has 118 valence electrons. The number of oxazole rings is 1. The summed E-state index contributed by atoms with van der Waals surface area (Å²) in [5.41, 5.74) is 0.911. The quantitative estimate of drug-likeness (QED) is 0.839. The van der Waals surface area contributed by atoms with Gasteiger partial charge in [0, 0.05) is 24.6 Å². The van der Waals surface area contributed by atoms with Gasteiger partial charge < -0.3 is 9.73 Å². The number of sulfonamides is 1. The molecule has 7 nitrogen and oxygen atoms in total. The van der Waals surface area contributed by atoms with E-state index in [-0.39, 0.29) is 15.9 Å². The summed E-state index contributed by atoms with van der Waals surface area (Å²) < 4.78 is 31.8. The lowest BCUT2D eigenvalue weighted by Gasteiger charge is -2.51. The van der Waals surface area contributed by atoms with E-state index in [0.717, 1.165) is 25.9 Å². The zero-order chi connectivity index (χ0) is 15.4. The zero-order valence-electron chi connectivity index (χ0n) is 12.0. The van der Waals surface area contributed by atoms with E-state index in [0.29, 0.717) is 18.6 Å². The van der Waals surface area contributed by atoms with Crippen molar-refractivity contribution in [2.24, 2.45) is 5.41 Å². The molecular formula is C14H17N3O4S. The molecule has 0 radical (unpaired) electrons. The second-order valence-corrected chi connectivity index (χ2v) is 8.13. The fraction of sp³-hybridized carbons (Fsp3) is 0.500. The van der Waals surface area contributed by atoms with Crippen LogP contribution in [0.25, 0.3) is 11.1 Å². The SMILES string of the molecule is O=c1[nH]c2ccc(S(=O)(=O)N3CC4(CCNCC4)C3)cc2o1. The first-order chi connectivity index (χ1) is 10.5. The molecule has 4 rings (SSSR count). The first kappa shape index (κ1) is 14.0. The fourth-order valence-electron chi connectivity index (χ4n) is 3.38. The van der Waals surface area contributed by atoms with Crippen LogP contribution >= 0.6 is 0 Å². The number of benzene rings is 1. The molecule has 2 aliphatic heterocycles. The average Bonchev–Trinajstić information content (AvgIpc) is 2.84. The van der Waals surface area contributed by atoms with Gasteiger partial charge in [0.25, 0.3) is 0 Å². The summed E-state index contributed by atoms with van der Waals surface area (Å²) in [6.07, 6.45) is 2.04. The number of aromatic amines is 1. The highest BCUT2D eigenvalue weighted by atomic mass is 32.2. The predicted octanol–water partition coefficient (Wildman–Crippen LogP) is 0.495. The summed E-state index contributed by atoms with van der Waals surface area (Å²) >= 11 is 0. The molecule has 22 heavy (non-hydrogen) atoms. The summed E-state index contributed by atoms with van der Waals surface area (Å²) in [6.45, 7) is 3.06. The van der Waals surface area contributed by atoms with Crippen molar-refractivity contribution < 1.29 is 12.8 Å². The number of fused-ring (bicyclic) bond motifs is 1. The Morgan fingerprint density at radius 2 is 1.91 bits per heavy atom. The van der Waals surface area contributed by atoms with Crippen molar-refractivity contribution in [1.29, 1.82) is 0 Å². The molecule has 0 atom stereocenters. The van der Waals surface area contributed by atoms with Crippen molar-refractivity contribution in [3.63, 3.8) is 0 Å². The molecule has 8 heteroatoms. The molecule has 0 unspecified atom stereocenters. The molecule has 1 spiro atoms. The molecule has 2 saturated heterocycles. The Bertz CT molecular complexity index is 869. The normalized spacial score (nSPS) is 22.0. The highest BCUT2D eigenvalue weighted by Crippen LogP contribution is 2.41. The third-order valence-electron chi connectivity index (χ3n) is 4.72. The molecule has 0 amide bonds. The molecule has 0 aliphatic carbocycles. The van der Waals surface area contributed by atoms with Crippen LogP contribution in [0.1, 0.15) is 12.8 Å². The van der Waals surface area contributed by atoms with Crippen LogP contribution in [-0.2, 0) is 10.0 Å². The maximum atomic E-state index is 12.7. The number of rotatable bonds is 2. The van der Waals surface area contributed by atoms with E-state index in [9.17, 15) is 13.2 Å². The van der Waals surface area contributed by atoms with Gasteiger partial charge in [0.2, 0.25) is 10.0 Å². The van der Waals surface area contributed by atoms with Crippen molar-refractivity contribution in [1.82, 2.24) is 14.6 Å². The number of nitrogens with zero attached hydrogens (tertiary/aromatic N) is 1. The second kappa shape index (κ2) is 4.68. The van der Waals surface area contributed by atoms with E-state index in [4.69, 9.17) is 4.42 Å². The number of hydrogen-bond donors (Lipinski definition) is 2. The van der Waals surface area contributed by atoms with Gasteiger partial charge in [-0.1, -0.05) is 0 Å². The molecule has 2 N–H and O–H groups in total. The molecular weight excluding hydrogens is 306 g/mol. The minimum absolute atomic E-state index is 0.142. The predicted molar refractivity (Wildman–Crippen MR) is 80.1 cm³/mol. The largest absolute Gasteiger partial charge is 0.417 e. The van der Waals surface area contributed by atoms with Gasteiger partial charge in [-0.2, -0.15) is 4.31 Å².